The molecule has 0 spiro atoms. The SMILES string of the molecule is CC(N)c1cccnc1N1CCC(CO)C1. The first-order valence-corrected chi connectivity index (χ1v) is 5.78. The highest BCUT2D eigenvalue weighted by molar-refractivity contribution is 5.49. The molecule has 16 heavy (non-hydrogen) atoms. The number of aliphatic hydroxyl groups excluding tert-OH is 1. The van der Waals surface area contributed by atoms with Crippen LogP contribution in [0.1, 0.15) is 24.9 Å². The lowest BCUT2D eigenvalue weighted by atomic mass is 10.1. The second-order valence-corrected chi connectivity index (χ2v) is 4.49. The summed E-state index contributed by atoms with van der Waals surface area (Å²) in [6, 6.07) is 3.94. The number of aliphatic hydroxyl groups is 1. The van der Waals surface area contributed by atoms with Crippen molar-refractivity contribution in [1.82, 2.24) is 4.98 Å². The van der Waals surface area contributed by atoms with Crippen LogP contribution in [0.25, 0.3) is 0 Å². The topological polar surface area (TPSA) is 62.4 Å². The molecule has 0 aromatic carbocycles. The minimum absolute atomic E-state index is 0.00289. The first-order chi connectivity index (χ1) is 7.72. The molecule has 4 heteroatoms. The Bertz CT molecular complexity index is 354. The second-order valence-electron chi connectivity index (χ2n) is 4.49. The zero-order valence-corrected chi connectivity index (χ0v) is 9.63. The molecule has 2 heterocycles. The fourth-order valence-corrected chi connectivity index (χ4v) is 2.20. The van der Waals surface area contributed by atoms with E-state index in [1.807, 2.05) is 19.1 Å². The molecule has 0 amide bonds. The summed E-state index contributed by atoms with van der Waals surface area (Å²) < 4.78 is 0. The number of hydrogen-bond acceptors (Lipinski definition) is 4. The summed E-state index contributed by atoms with van der Waals surface area (Å²) in [7, 11) is 0. The number of nitrogens with two attached hydrogens (primary N) is 1. The van der Waals surface area contributed by atoms with Crippen molar-refractivity contribution in [3.63, 3.8) is 0 Å². The average Bonchev–Trinajstić information content (AvgIpc) is 2.77. The van der Waals surface area contributed by atoms with E-state index in [9.17, 15) is 0 Å². The third-order valence-electron chi connectivity index (χ3n) is 3.15. The fourth-order valence-electron chi connectivity index (χ4n) is 2.20. The molecule has 1 aromatic rings. The first kappa shape index (κ1) is 11.4. The third kappa shape index (κ3) is 2.18. The molecule has 3 N–H and O–H groups in total. The minimum atomic E-state index is -0.00289. The molecule has 1 aromatic heterocycles. The lowest BCUT2D eigenvalue weighted by Gasteiger charge is -2.21. The molecule has 1 fully saturated rings. The molecule has 0 bridgehead atoms. The van der Waals surface area contributed by atoms with Crippen molar-refractivity contribution in [2.24, 2.45) is 11.7 Å². The largest absolute Gasteiger partial charge is 0.396 e. The van der Waals surface area contributed by atoms with E-state index >= 15 is 0 Å². The van der Waals surface area contributed by atoms with E-state index in [4.69, 9.17) is 10.8 Å². The molecule has 2 unspecified atom stereocenters. The summed E-state index contributed by atoms with van der Waals surface area (Å²) in [5.74, 6) is 1.36. The van der Waals surface area contributed by atoms with Crippen molar-refractivity contribution in [3.05, 3.63) is 23.9 Å². The van der Waals surface area contributed by atoms with Gasteiger partial charge in [0.2, 0.25) is 0 Å². The predicted octanol–water partition coefficient (Wildman–Crippen LogP) is 0.920. The van der Waals surface area contributed by atoms with Crippen molar-refractivity contribution >= 4 is 5.82 Å². The van der Waals surface area contributed by atoms with Gasteiger partial charge in [0.05, 0.1) is 0 Å². The molecule has 1 saturated heterocycles. The van der Waals surface area contributed by atoms with Crippen LogP contribution >= 0.6 is 0 Å². The highest BCUT2D eigenvalue weighted by atomic mass is 16.3. The van der Waals surface area contributed by atoms with Crippen LogP contribution in [-0.2, 0) is 0 Å². The van der Waals surface area contributed by atoms with Crippen molar-refractivity contribution in [2.45, 2.75) is 19.4 Å². The lowest BCUT2D eigenvalue weighted by molar-refractivity contribution is 0.238. The smallest absolute Gasteiger partial charge is 0.133 e. The van der Waals surface area contributed by atoms with Crippen LogP contribution in [0.4, 0.5) is 5.82 Å². The van der Waals surface area contributed by atoms with Gasteiger partial charge in [0, 0.05) is 43.4 Å². The van der Waals surface area contributed by atoms with E-state index < -0.39 is 0 Å². The third-order valence-corrected chi connectivity index (χ3v) is 3.15. The maximum atomic E-state index is 9.14. The summed E-state index contributed by atoms with van der Waals surface area (Å²) >= 11 is 0. The molecular formula is C12H19N3O. The number of aromatic nitrogens is 1. The Morgan fingerprint density at radius 2 is 2.50 bits per heavy atom. The Labute approximate surface area is 96.1 Å². The summed E-state index contributed by atoms with van der Waals surface area (Å²) in [6.07, 6.45) is 2.83. The van der Waals surface area contributed by atoms with Gasteiger partial charge in [-0.2, -0.15) is 0 Å². The maximum absolute atomic E-state index is 9.14. The van der Waals surface area contributed by atoms with E-state index in [0.717, 1.165) is 30.9 Å². The quantitative estimate of drug-likeness (QED) is 0.796. The Balaban J connectivity index is 2.20. The molecule has 88 valence electrons. The molecule has 0 saturated carbocycles. The zero-order chi connectivity index (χ0) is 11.5. The minimum Gasteiger partial charge on any atom is -0.396 e. The summed E-state index contributed by atoms with van der Waals surface area (Å²) in [6.45, 7) is 4.08. The van der Waals surface area contributed by atoms with E-state index in [1.54, 1.807) is 6.20 Å². The number of rotatable bonds is 3. The second kappa shape index (κ2) is 4.80. The average molecular weight is 221 g/mol. The lowest BCUT2D eigenvalue weighted by Crippen LogP contribution is -2.24. The van der Waals surface area contributed by atoms with E-state index in [0.29, 0.717) is 5.92 Å². The maximum Gasteiger partial charge on any atom is 0.133 e. The van der Waals surface area contributed by atoms with Crippen molar-refractivity contribution in [1.29, 1.82) is 0 Å². The number of nitrogens with zero attached hydrogens (tertiary/aromatic N) is 2. The Hall–Kier alpha value is -1.13. The zero-order valence-electron chi connectivity index (χ0n) is 9.63. The van der Waals surface area contributed by atoms with Gasteiger partial charge in [-0.1, -0.05) is 6.07 Å². The first-order valence-electron chi connectivity index (χ1n) is 5.78. The Morgan fingerprint density at radius 1 is 1.69 bits per heavy atom. The summed E-state index contributed by atoms with van der Waals surface area (Å²) in [4.78, 5) is 6.64. The van der Waals surface area contributed by atoms with Gasteiger partial charge in [-0.05, 0) is 19.4 Å². The predicted molar refractivity (Wildman–Crippen MR) is 64.2 cm³/mol. The molecule has 0 radical (unpaired) electrons. The molecular weight excluding hydrogens is 202 g/mol. The van der Waals surface area contributed by atoms with Crippen LogP contribution < -0.4 is 10.6 Å². The fraction of sp³-hybridized carbons (Fsp3) is 0.583. The van der Waals surface area contributed by atoms with Crippen LogP contribution in [0.3, 0.4) is 0 Å². The molecule has 1 aliphatic heterocycles. The molecule has 4 nitrogen and oxygen atoms in total. The normalized spacial score (nSPS) is 22.4. The van der Waals surface area contributed by atoms with Crippen LogP contribution in [0.2, 0.25) is 0 Å². The Morgan fingerprint density at radius 3 is 3.12 bits per heavy atom. The summed E-state index contributed by atoms with van der Waals surface area (Å²) in [5, 5.41) is 9.14. The van der Waals surface area contributed by atoms with Gasteiger partial charge in [0.15, 0.2) is 0 Å². The number of hydrogen-bond donors (Lipinski definition) is 2. The van der Waals surface area contributed by atoms with Crippen molar-refractivity contribution in [2.75, 3.05) is 24.6 Å². The van der Waals surface area contributed by atoms with Gasteiger partial charge in [0.1, 0.15) is 5.82 Å². The Kier molecular flexibility index (Phi) is 3.41. The molecule has 2 rings (SSSR count). The van der Waals surface area contributed by atoms with Gasteiger partial charge in [-0.15, -0.1) is 0 Å². The van der Waals surface area contributed by atoms with Gasteiger partial charge < -0.3 is 15.7 Å². The van der Waals surface area contributed by atoms with Crippen LogP contribution in [0.15, 0.2) is 18.3 Å². The standard InChI is InChI=1S/C12H19N3O/c1-9(13)11-3-2-5-14-12(11)15-6-4-10(7-15)8-16/h2-3,5,9-10,16H,4,6-8,13H2,1H3. The number of pyridine rings is 1. The van der Waals surface area contributed by atoms with Gasteiger partial charge >= 0.3 is 0 Å². The van der Waals surface area contributed by atoms with Crippen LogP contribution in [0, 0.1) is 5.92 Å². The van der Waals surface area contributed by atoms with Crippen LogP contribution in [-0.4, -0.2) is 29.8 Å². The van der Waals surface area contributed by atoms with Gasteiger partial charge in [0.25, 0.3) is 0 Å². The molecule has 0 aliphatic carbocycles. The molecule has 2 atom stereocenters. The van der Waals surface area contributed by atoms with Crippen molar-refractivity contribution in [3.8, 4) is 0 Å². The highest BCUT2D eigenvalue weighted by Crippen LogP contribution is 2.27. The van der Waals surface area contributed by atoms with Gasteiger partial charge in [-0.3, -0.25) is 0 Å². The molecule has 1 aliphatic rings. The van der Waals surface area contributed by atoms with Gasteiger partial charge in [-0.25, -0.2) is 4.98 Å². The van der Waals surface area contributed by atoms with E-state index in [1.165, 1.54) is 0 Å². The van der Waals surface area contributed by atoms with Crippen molar-refractivity contribution < 1.29 is 5.11 Å². The monoisotopic (exact) mass is 221 g/mol. The summed E-state index contributed by atoms with van der Waals surface area (Å²) in [5.41, 5.74) is 7.02. The number of anilines is 1. The highest BCUT2D eigenvalue weighted by Gasteiger charge is 2.24. The van der Waals surface area contributed by atoms with E-state index in [2.05, 4.69) is 9.88 Å². The van der Waals surface area contributed by atoms with Crippen LogP contribution in [0.5, 0.6) is 0 Å². The van der Waals surface area contributed by atoms with E-state index in [-0.39, 0.29) is 12.6 Å².